The lowest BCUT2D eigenvalue weighted by Crippen LogP contribution is -2.06. The molecule has 0 heterocycles. The lowest BCUT2D eigenvalue weighted by Gasteiger charge is -2.18. The molecule has 0 aromatic heterocycles. The number of rotatable bonds is 15. The van der Waals surface area contributed by atoms with Crippen LogP contribution >= 0.6 is 90.4 Å². The maximum atomic E-state index is 12.5. The third-order valence-corrected chi connectivity index (χ3v) is 5.97. The van der Waals surface area contributed by atoms with Gasteiger partial charge in [0.25, 0.3) is 0 Å². The number of phosphoric ester groups is 1. The zero-order chi connectivity index (χ0) is 17.7. The average Bonchev–Trinajstić information content (AvgIpc) is 2.44. The Labute approximate surface area is 178 Å². The topological polar surface area (TPSA) is 44.8 Å². The van der Waals surface area contributed by atoms with Crippen LogP contribution in [0.1, 0.15) is 38.5 Å². The van der Waals surface area contributed by atoms with Gasteiger partial charge in [-0.25, -0.2) is 4.57 Å². The third kappa shape index (κ3) is 17.6. The van der Waals surface area contributed by atoms with E-state index in [9.17, 15) is 4.57 Å². The van der Waals surface area contributed by atoms with Gasteiger partial charge in [0.1, 0.15) is 0 Å². The molecule has 0 aliphatic heterocycles. The minimum atomic E-state index is -3.57. The molecule has 4 nitrogen and oxygen atoms in total. The molecule has 23 heavy (non-hydrogen) atoms. The molecule has 0 N–H and O–H groups in total. The van der Waals surface area contributed by atoms with Crippen molar-refractivity contribution in [2.45, 2.75) is 51.4 Å². The van der Waals surface area contributed by atoms with Crippen LogP contribution < -0.4 is 0 Å². The molecule has 0 amide bonds. The van der Waals surface area contributed by atoms with Crippen LogP contribution in [0.2, 0.25) is 0 Å². The van der Waals surface area contributed by atoms with Crippen LogP contribution in [-0.2, 0) is 18.1 Å². The van der Waals surface area contributed by atoms with Crippen molar-refractivity contribution >= 4 is 90.4 Å². The van der Waals surface area contributed by atoms with E-state index < -0.39 is 7.82 Å². The normalized spacial score (nSPS) is 18.3. The van der Waals surface area contributed by atoms with E-state index in [-0.39, 0.29) is 32.7 Å². The molecule has 0 aromatic rings. The van der Waals surface area contributed by atoms with Crippen molar-refractivity contribution in [1.29, 1.82) is 0 Å². The Morgan fingerprint density at radius 3 is 1.17 bits per heavy atom. The van der Waals surface area contributed by atoms with Gasteiger partial charge in [-0.05, 0) is 38.5 Å². The minimum absolute atomic E-state index is 0.133. The first-order chi connectivity index (χ1) is 10.7. The summed E-state index contributed by atoms with van der Waals surface area (Å²) in [6.45, 7) is 0.748. The lowest BCUT2D eigenvalue weighted by atomic mass is 10.4. The summed E-state index contributed by atoms with van der Waals surface area (Å²) in [5, 5.41) is 0. The van der Waals surface area contributed by atoms with E-state index in [1.165, 1.54) is 0 Å². The molecule has 0 spiro atoms. The summed E-state index contributed by atoms with van der Waals surface area (Å²) >= 11 is 27.0. The summed E-state index contributed by atoms with van der Waals surface area (Å²) in [6.07, 6.45) is 4.01. The van der Waals surface area contributed by atoms with Crippen molar-refractivity contribution in [2.75, 3.05) is 19.8 Å². The molecule has 3 unspecified atom stereocenters. The molecule has 0 rings (SSSR count). The molecule has 0 aliphatic rings. The second-order valence-electron chi connectivity index (χ2n) is 4.55. The first-order valence-electron chi connectivity index (χ1n) is 7.13. The van der Waals surface area contributed by atoms with Gasteiger partial charge in [0, 0.05) is 0 Å². The van der Waals surface area contributed by atoms with Crippen molar-refractivity contribution in [1.82, 2.24) is 0 Å². The Morgan fingerprint density at radius 1 is 0.696 bits per heavy atom. The zero-order valence-corrected chi connectivity index (χ0v) is 20.4. The van der Waals surface area contributed by atoms with Gasteiger partial charge < -0.3 is 0 Å². The van der Waals surface area contributed by atoms with E-state index in [1.807, 2.05) is 0 Å². The quantitative estimate of drug-likeness (QED) is 0.111. The highest BCUT2D eigenvalue weighted by atomic mass is 79.9. The summed E-state index contributed by atoms with van der Waals surface area (Å²) in [6, 6.07) is 0. The van der Waals surface area contributed by atoms with E-state index in [4.69, 9.17) is 48.4 Å². The number of phosphoric acid groups is 1. The fourth-order valence-electron chi connectivity index (χ4n) is 1.35. The van der Waals surface area contributed by atoms with Crippen LogP contribution in [-0.4, -0.2) is 32.7 Å². The third-order valence-electron chi connectivity index (χ3n) is 2.45. The van der Waals surface area contributed by atoms with Gasteiger partial charge in [-0.15, -0.1) is 34.8 Å². The van der Waals surface area contributed by atoms with Crippen LogP contribution in [0.25, 0.3) is 0 Å². The van der Waals surface area contributed by atoms with E-state index in [2.05, 4.69) is 47.8 Å². The van der Waals surface area contributed by atoms with Crippen molar-refractivity contribution in [3.05, 3.63) is 0 Å². The Hall–Kier alpha value is 2.42. The predicted octanol–water partition coefficient (Wildman–Crippen LogP) is 7.36. The average molecular weight is 606 g/mol. The Bertz CT molecular complexity index is 291. The van der Waals surface area contributed by atoms with Crippen molar-refractivity contribution in [3.8, 4) is 0 Å². The molecular weight excluding hydrogens is 585 g/mol. The fraction of sp³-hybridized carbons (Fsp3) is 1.00. The smallest absolute Gasteiger partial charge is 0.287 e. The summed E-state index contributed by atoms with van der Waals surface area (Å²) in [5.74, 6) is 0. The van der Waals surface area contributed by atoms with Gasteiger partial charge in [0.05, 0.1) is 32.7 Å². The Balaban J connectivity index is 4.19. The maximum absolute atomic E-state index is 12.5. The molecule has 3 atom stereocenters. The van der Waals surface area contributed by atoms with Crippen molar-refractivity contribution in [2.24, 2.45) is 0 Å². The van der Waals surface area contributed by atoms with Crippen LogP contribution in [0.5, 0.6) is 0 Å². The monoisotopic (exact) mass is 602 g/mol. The van der Waals surface area contributed by atoms with Gasteiger partial charge in [-0.3, -0.25) is 13.6 Å². The molecule has 0 aromatic carbocycles. The van der Waals surface area contributed by atoms with E-state index in [0.717, 1.165) is 0 Å². The molecule has 0 bridgehead atoms. The maximum Gasteiger partial charge on any atom is 0.474 e. The molecule has 11 heteroatoms. The molecule has 140 valence electrons. The molecule has 0 saturated carbocycles. The van der Waals surface area contributed by atoms with Crippen LogP contribution in [0.15, 0.2) is 0 Å². The predicted molar refractivity (Wildman–Crippen MR) is 109 cm³/mol. The number of hydrogen-bond donors (Lipinski definition) is 0. The molecule has 0 fully saturated rings. The summed E-state index contributed by atoms with van der Waals surface area (Å²) in [4.78, 5) is 0. The number of halogens is 6. The minimum Gasteiger partial charge on any atom is -0.287 e. The van der Waals surface area contributed by atoms with E-state index in [0.29, 0.717) is 38.5 Å². The largest absolute Gasteiger partial charge is 0.474 e. The van der Waals surface area contributed by atoms with Gasteiger partial charge in [0.15, 0.2) is 0 Å². The standard InChI is InChI=1S/C12H21Br3Cl3O4P/c13-10(16)4-1-7-20-23(19,21-8-2-5-11(14)17)22-9-3-6-12(15)18/h10-12H,1-9H2. The van der Waals surface area contributed by atoms with Crippen LogP contribution in [0.4, 0.5) is 0 Å². The van der Waals surface area contributed by atoms with E-state index in [1.54, 1.807) is 0 Å². The molecule has 0 saturated heterocycles. The lowest BCUT2D eigenvalue weighted by molar-refractivity contribution is 0.110. The van der Waals surface area contributed by atoms with Crippen molar-refractivity contribution < 1.29 is 18.1 Å². The molecule has 0 radical (unpaired) electrons. The van der Waals surface area contributed by atoms with Gasteiger partial charge >= 0.3 is 7.82 Å². The molecular formula is C12H21Br3Cl3O4P. The molecule has 0 aliphatic carbocycles. The highest BCUT2D eigenvalue weighted by molar-refractivity contribution is 9.10. The summed E-state index contributed by atoms with van der Waals surface area (Å²) in [5.41, 5.74) is 0. The van der Waals surface area contributed by atoms with Gasteiger partial charge in [-0.1, -0.05) is 47.8 Å². The SMILES string of the molecule is O=P(OCCCC(Cl)Br)(OCCCC(Cl)Br)OCCCC(Cl)Br. The highest BCUT2D eigenvalue weighted by Gasteiger charge is 2.26. The van der Waals surface area contributed by atoms with Crippen LogP contribution in [0, 0.1) is 0 Å². The highest BCUT2D eigenvalue weighted by Crippen LogP contribution is 2.50. The van der Waals surface area contributed by atoms with Crippen molar-refractivity contribution in [3.63, 3.8) is 0 Å². The van der Waals surface area contributed by atoms with Crippen LogP contribution in [0.3, 0.4) is 0 Å². The summed E-state index contributed by atoms with van der Waals surface area (Å²) in [7, 11) is -3.57. The zero-order valence-electron chi connectivity index (χ0n) is 12.4. The fourth-order valence-corrected chi connectivity index (χ4v) is 4.07. The first kappa shape index (κ1) is 25.4. The van der Waals surface area contributed by atoms with E-state index >= 15 is 0 Å². The summed E-state index contributed by atoms with van der Waals surface area (Å²) < 4.78 is 28.2. The van der Waals surface area contributed by atoms with Gasteiger partial charge in [0.2, 0.25) is 0 Å². The second-order valence-corrected chi connectivity index (χ2v) is 12.7. The number of hydrogen-bond acceptors (Lipinski definition) is 4. The first-order valence-corrected chi connectivity index (χ1v) is 12.6. The Morgan fingerprint density at radius 2 is 0.957 bits per heavy atom. The number of alkyl halides is 6. The second kappa shape index (κ2) is 15.5. The Kier molecular flexibility index (Phi) is 17.1. The van der Waals surface area contributed by atoms with Gasteiger partial charge in [-0.2, -0.15) is 0 Å².